The van der Waals surface area contributed by atoms with Crippen molar-refractivity contribution in [3.8, 4) is 10.4 Å². The number of nitrogens with one attached hydrogen (secondary N) is 1. The van der Waals surface area contributed by atoms with Crippen LogP contribution in [0, 0.1) is 5.82 Å². The minimum Gasteiger partial charge on any atom is -0.399 e. The molecule has 3 rings (SSSR count). The smallest absolute Gasteiger partial charge is 0.281 e. The molecule has 0 bridgehead atoms. The van der Waals surface area contributed by atoms with E-state index in [1.807, 2.05) is 25.1 Å². The first-order chi connectivity index (χ1) is 12.0. The molecule has 0 spiro atoms. The van der Waals surface area contributed by atoms with Crippen molar-refractivity contribution in [2.75, 3.05) is 5.73 Å². The van der Waals surface area contributed by atoms with Gasteiger partial charge in [-0.2, -0.15) is 5.10 Å². The Bertz CT molecular complexity index is 915. The fraction of sp³-hybridized carbons (Fsp3) is 0.0526. The first kappa shape index (κ1) is 16.9. The van der Waals surface area contributed by atoms with Crippen molar-refractivity contribution in [2.45, 2.75) is 6.92 Å². The lowest BCUT2D eigenvalue weighted by Gasteiger charge is -2.02. The molecule has 0 atom stereocenters. The highest BCUT2D eigenvalue weighted by molar-refractivity contribution is 7.17. The number of hydrogen-bond acceptors (Lipinski definition) is 4. The van der Waals surface area contributed by atoms with Gasteiger partial charge in [-0.1, -0.05) is 24.3 Å². The molecule has 4 nitrogen and oxygen atoms in total. The molecular formula is C19H16FN3OS. The van der Waals surface area contributed by atoms with Crippen LogP contribution in [0.5, 0.6) is 0 Å². The summed E-state index contributed by atoms with van der Waals surface area (Å²) >= 11 is 1.33. The number of nitrogens with zero attached hydrogens (tertiary/aromatic N) is 1. The van der Waals surface area contributed by atoms with Crippen molar-refractivity contribution < 1.29 is 9.18 Å². The number of nitrogen functional groups attached to an aromatic ring is 1. The molecule has 3 N–H and O–H groups in total. The van der Waals surface area contributed by atoms with Crippen molar-refractivity contribution in [1.29, 1.82) is 0 Å². The van der Waals surface area contributed by atoms with Crippen molar-refractivity contribution in [2.24, 2.45) is 5.10 Å². The zero-order chi connectivity index (χ0) is 17.8. The average molecular weight is 353 g/mol. The summed E-state index contributed by atoms with van der Waals surface area (Å²) in [5, 5.41) is 4.13. The van der Waals surface area contributed by atoms with Gasteiger partial charge in [-0.3, -0.25) is 4.79 Å². The van der Waals surface area contributed by atoms with Gasteiger partial charge in [0.1, 0.15) is 5.82 Å². The highest BCUT2D eigenvalue weighted by atomic mass is 32.1. The Hall–Kier alpha value is -2.99. The summed E-state index contributed by atoms with van der Waals surface area (Å²) in [6.45, 7) is 1.81. The van der Waals surface area contributed by atoms with E-state index in [9.17, 15) is 9.18 Å². The molecule has 6 heteroatoms. The number of halogens is 1. The summed E-state index contributed by atoms with van der Waals surface area (Å²) in [5.74, 6) is -0.570. The van der Waals surface area contributed by atoms with Gasteiger partial charge in [0.05, 0.1) is 10.6 Å². The Morgan fingerprint density at radius 2 is 1.72 bits per heavy atom. The molecular weight excluding hydrogens is 337 g/mol. The quantitative estimate of drug-likeness (QED) is 0.417. The van der Waals surface area contributed by atoms with Crippen LogP contribution < -0.4 is 11.2 Å². The van der Waals surface area contributed by atoms with Gasteiger partial charge in [-0.15, -0.1) is 11.3 Å². The lowest BCUT2D eigenvalue weighted by molar-refractivity contribution is 0.0959. The van der Waals surface area contributed by atoms with E-state index in [1.54, 1.807) is 30.3 Å². The molecule has 3 aromatic rings. The Kier molecular flexibility index (Phi) is 4.90. The molecule has 25 heavy (non-hydrogen) atoms. The Morgan fingerprint density at radius 3 is 2.40 bits per heavy atom. The summed E-state index contributed by atoms with van der Waals surface area (Å²) < 4.78 is 13.0. The van der Waals surface area contributed by atoms with Crippen LogP contribution in [-0.2, 0) is 0 Å². The fourth-order valence-corrected chi connectivity index (χ4v) is 3.11. The topological polar surface area (TPSA) is 67.5 Å². The van der Waals surface area contributed by atoms with Gasteiger partial charge >= 0.3 is 0 Å². The van der Waals surface area contributed by atoms with E-state index in [2.05, 4.69) is 10.5 Å². The second-order valence-electron chi connectivity index (χ2n) is 5.43. The largest absolute Gasteiger partial charge is 0.399 e. The van der Waals surface area contributed by atoms with E-state index in [-0.39, 0.29) is 11.7 Å². The van der Waals surface area contributed by atoms with Gasteiger partial charge in [-0.05, 0) is 54.4 Å². The fourth-order valence-electron chi connectivity index (χ4n) is 2.21. The van der Waals surface area contributed by atoms with Gasteiger partial charge in [0.2, 0.25) is 0 Å². The number of carbonyl (C=O) groups is 1. The van der Waals surface area contributed by atoms with Crippen LogP contribution in [-0.4, -0.2) is 11.6 Å². The lowest BCUT2D eigenvalue weighted by atomic mass is 10.1. The summed E-state index contributed by atoms with van der Waals surface area (Å²) in [4.78, 5) is 13.7. The number of anilines is 1. The van der Waals surface area contributed by atoms with Crippen LogP contribution in [0.25, 0.3) is 10.4 Å². The van der Waals surface area contributed by atoms with Crippen LogP contribution in [0.2, 0.25) is 0 Å². The third-order valence-electron chi connectivity index (χ3n) is 3.61. The molecule has 0 unspecified atom stereocenters. The van der Waals surface area contributed by atoms with E-state index in [0.29, 0.717) is 16.3 Å². The van der Waals surface area contributed by atoms with Crippen molar-refractivity contribution in [3.63, 3.8) is 0 Å². The number of benzene rings is 2. The van der Waals surface area contributed by atoms with Gasteiger partial charge < -0.3 is 5.73 Å². The van der Waals surface area contributed by atoms with Crippen molar-refractivity contribution >= 4 is 28.6 Å². The number of hydrogen-bond donors (Lipinski definition) is 2. The molecule has 0 saturated carbocycles. The molecule has 1 heterocycles. The van der Waals surface area contributed by atoms with Gasteiger partial charge in [-0.25, -0.2) is 9.82 Å². The summed E-state index contributed by atoms with van der Waals surface area (Å²) in [6.07, 6.45) is 0. The van der Waals surface area contributed by atoms with Crippen molar-refractivity contribution in [1.82, 2.24) is 5.43 Å². The van der Waals surface area contributed by atoms with E-state index < -0.39 is 0 Å². The number of thiophene rings is 1. The standard InChI is InChI=1S/C19H16FN3OS/c1-12(13-4-8-16(21)9-5-13)22-23-19(24)18-11-10-17(25-18)14-2-6-15(20)7-3-14/h2-11H,21H2,1H3,(H,23,24)/b22-12-. The molecule has 1 amide bonds. The van der Waals surface area contributed by atoms with Crippen LogP contribution in [0.15, 0.2) is 65.8 Å². The minimum atomic E-state index is -0.286. The third-order valence-corrected chi connectivity index (χ3v) is 4.75. The van der Waals surface area contributed by atoms with E-state index in [1.165, 1.54) is 23.5 Å². The average Bonchev–Trinajstić information content (AvgIpc) is 3.11. The number of carbonyl (C=O) groups excluding carboxylic acids is 1. The normalized spacial score (nSPS) is 11.4. The molecule has 0 fully saturated rings. The van der Waals surface area contributed by atoms with E-state index >= 15 is 0 Å². The van der Waals surface area contributed by atoms with Crippen LogP contribution in [0.3, 0.4) is 0 Å². The predicted molar refractivity (Wildman–Crippen MR) is 100 cm³/mol. The number of rotatable bonds is 4. The molecule has 0 saturated heterocycles. The monoisotopic (exact) mass is 353 g/mol. The zero-order valence-electron chi connectivity index (χ0n) is 13.5. The first-order valence-corrected chi connectivity index (χ1v) is 8.41. The number of nitrogens with two attached hydrogens (primary N) is 1. The number of amides is 1. The molecule has 0 aliphatic rings. The SMILES string of the molecule is C/C(=N/NC(=O)c1ccc(-c2ccc(F)cc2)s1)c1ccc(N)cc1. The summed E-state index contributed by atoms with van der Waals surface area (Å²) in [5.41, 5.74) is 11.3. The maximum absolute atomic E-state index is 13.0. The van der Waals surface area contributed by atoms with Crippen LogP contribution >= 0.6 is 11.3 Å². The van der Waals surface area contributed by atoms with Gasteiger partial charge in [0.25, 0.3) is 5.91 Å². The van der Waals surface area contributed by atoms with Crippen molar-refractivity contribution in [3.05, 3.63) is 76.9 Å². The summed E-state index contributed by atoms with van der Waals surface area (Å²) in [6, 6.07) is 17.0. The molecule has 2 aromatic carbocycles. The van der Waals surface area contributed by atoms with E-state index in [4.69, 9.17) is 5.73 Å². The second-order valence-corrected chi connectivity index (χ2v) is 6.51. The molecule has 126 valence electrons. The highest BCUT2D eigenvalue weighted by Crippen LogP contribution is 2.28. The minimum absolute atomic E-state index is 0.284. The zero-order valence-corrected chi connectivity index (χ0v) is 14.3. The molecule has 1 aromatic heterocycles. The first-order valence-electron chi connectivity index (χ1n) is 7.59. The second kappa shape index (κ2) is 7.27. The van der Waals surface area contributed by atoms with Gasteiger partial charge in [0, 0.05) is 10.6 Å². The van der Waals surface area contributed by atoms with Crippen LogP contribution in [0.1, 0.15) is 22.2 Å². The Labute approximate surface area is 148 Å². The molecule has 0 aliphatic heterocycles. The van der Waals surface area contributed by atoms with Crippen LogP contribution in [0.4, 0.5) is 10.1 Å². The van der Waals surface area contributed by atoms with E-state index in [0.717, 1.165) is 16.0 Å². The molecule has 0 aliphatic carbocycles. The van der Waals surface area contributed by atoms with Gasteiger partial charge in [0.15, 0.2) is 0 Å². The lowest BCUT2D eigenvalue weighted by Crippen LogP contribution is -2.18. The maximum Gasteiger partial charge on any atom is 0.281 e. The predicted octanol–water partition coefficient (Wildman–Crippen LogP) is 4.29. The number of hydrazone groups is 1. The molecule has 0 radical (unpaired) electrons. The third kappa shape index (κ3) is 4.10. The summed E-state index contributed by atoms with van der Waals surface area (Å²) in [7, 11) is 0. The maximum atomic E-state index is 13.0. The Balaban J connectivity index is 1.70. The Morgan fingerprint density at radius 1 is 1.04 bits per heavy atom. The highest BCUT2D eigenvalue weighted by Gasteiger charge is 2.10.